The Morgan fingerprint density at radius 2 is 2.15 bits per heavy atom. The molecule has 5 heteroatoms. The largest absolute Gasteiger partial charge is 0.422 e. The summed E-state index contributed by atoms with van der Waals surface area (Å²) in [6, 6.07) is 8.93. The van der Waals surface area contributed by atoms with Crippen LogP contribution in [0.5, 0.6) is 0 Å². The van der Waals surface area contributed by atoms with Gasteiger partial charge in [0.05, 0.1) is 5.39 Å². The first-order chi connectivity index (χ1) is 9.63. The third-order valence-corrected chi connectivity index (χ3v) is 3.35. The molecule has 1 aromatic carbocycles. The molecule has 3 aromatic rings. The number of aromatic nitrogens is 1. The second kappa shape index (κ2) is 4.35. The summed E-state index contributed by atoms with van der Waals surface area (Å²) >= 11 is 0. The van der Waals surface area contributed by atoms with Crippen LogP contribution in [0.3, 0.4) is 0 Å². The number of nitriles is 1. The van der Waals surface area contributed by atoms with E-state index in [1.54, 1.807) is 6.07 Å². The first kappa shape index (κ1) is 12.2. The van der Waals surface area contributed by atoms with Crippen molar-refractivity contribution in [3.05, 3.63) is 45.6 Å². The molecule has 3 rings (SSSR count). The summed E-state index contributed by atoms with van der Waals surface area (Å²) in [5.74, 6) is 0.188. The predicted molar refractivity (Wildman–Crippen MR) is 75.1 cm³/mol. The summed E-state index contributed by atoms with van der Waals surface area (Å²) in [5.41, 5.74) is 7.61. The van der Waals surface area contributed by atoms with Crippen LogP contribution in [0.15, 0.2) is 33.5 Å². The maximum atomic E-state index is 12.5. The number of nitrogens with one attached hydrogen (secondary N) is 1. The number of aryl methyl sites for hydroxylation is 1. The zero-order valence-electron chi connectivity index (χ0n) is 10.9. The van der Waals surface area contributed by atoms with E-state index in [0.717, 1.165) is 12.0 Å². The highest BCUT2D eigenvalue weighted by atomic mass is 16.3. The molecule has 3 N–H and O–H groups in total. The van der Waals surface area contributed by atoms with Crippen LogP contribution in [0, 0.1) is 11.3 Å². The second-order valence-corrected chi connectivity index (χ2v) is 4.57. The average Bonchev–Trinajstić information content (AvgIpc) is 2.46. The van der Waals surface area contributed by atoms with Gasteiger partial charge in [-0.15, -0.1) is 0 Å². The van der Waals surface area contributed by atoms with Crippen LogP contribution in [0.2, 0.25) is 0 Å². The molecule has 98 valence electrons. The number of fused-ring (bicyclic) bond motifs is 2. The van der Waals surface area contributed by atoms with Gasteiger partial charge in [-0.1, -0.05) is 13.0 Å². The van der Waals surface area contributed by atoms with Crippen molar-refractivity contribution in [2.24, 2.45) is 0 Å². The fourth-order valence-corrected chi connectivity index (χ4v) is 2.20. The summed E-state index contributed by atoms with van der Waals surface area (Å²) in [5, 5.41) is 9.82. The average molecular weight is 266 g/mol. The number of nitrogen functional groups attached to an aromatic ring is 1. The van der Waals surface area contributed by atoms with Crippen molar-refractivity contribution in [1.29, 1.82) is 5.26 Å². The minimum Gasteiger partial charge on any atom is -0.422 e. The minimum absolute atomic E-state index is 0.163. The SMILES string of the molecule is CCc1ccc2oc3[nH+]c(N)c(C#N)cc3c(=O)c2c1. The number of anilines is 1. The molecule has 0 spiro atoms. The number of benzene rings is 1. The minimum atomic E-state index is -0.163. The molecular weight excluding hydrogens is 254 g/mol. The quantitative estimate of drug-likeness (QED) is 0.679. The van der Waals surface area contributed by atoms with Gasteiger partial charge < -0.3 is 4.42 Å². The molecule has 0 amide bonds. The molecule has 0 saturated carbocycles. The smallest absolute Gasteiger partial charge is 0.299 e. The van der Waals surface area contributed by atoms with E-state index in [-0.39, 0.29) is 22.5 Å². The number of nitrogens with zero attached hydrogens (tertiary/aromatic N) is 1. The van der Waals surface area contributed by atoms with E-state index in [4.69, 9.17) is 15.4 Å². The highest BCUT2D eigenvalue weighted by Crippen LogP contribution is 2.19. The highest BCUT2D eigenvalue weighted by molar-refractivity contribution is 5.88. The molecule has 0 unspecified atom stereocenters. The van der Waals surface area contributed by atoms with E-state index in [9.17, 15) is 4.79 Å². The lowest BCUT2D eigenvalue weighted by Gasteiger charge is -2.02. The number of pyridine rings is 1. The second-order valence-electron chi connectivity index (χ2n) is 4.57. The number of hydrogen-bond donors (Lipinski definition) is 1. The standard InChI is InChI=1S/C15H11N3O2/c1-2-8-3-4-12-10(5-8)13(19)11-6-9(7-16)14(17)18-15(11)20-12/h3-6H,2H2,1H3,(H2,17,18)/p+1. The Bertz CT molecular complexity index is 936. The third-order valence-electron chi connectivity index (χ3n) is 3.35. The summed E-state index contributed by atoms with van der Waals surface area (Å²) in [7, 11) is 0. The highest BCUT2D eigenvalue weighted by Gasteiger charge is 2.15. The van der Waals surface area contributed by atoms with Crippen LogP contribution in [0.4, 0.5) is 5.82 Å². The normalized spacial score (nSPS) is 10.8. The first-order valence-electron chi connectivity index (χ1n) is 6.25. The van der Waals surface area contributed by atoms with Crippen LogP contribution in [0.25, 0.3) is 22.1 Å². The fourth-order valence-electron chi connectivity index (χ4n) is 2.20. The van der Waals surface area contributed by atoms with Gasteiger partial charge in [-0.2, -0.15) is 5.26 Å². The number of aromatic amines is 1. The third kappa shape index (κ3) is 1.70. The number of rotatable bonds is 1. The van der Waals surface area contributed by atoms with Crippen molar-refractivity contribution in [3.8, 4) is 6.07 Å². The van der Waals surface area contributed by atoms with Crippen LogP contribution >= 0.6 is 0 Å². The number of H-pyrrole nitrogens is 1. The van der Waals surface area contributed by atoms with Crippen molar-refractivity contribution >= 4 is 27.9 Å². The Morgan fingerprint density at radius 1 is 1.35 bits per heavy atom. The Labute approximate surface area is 114 Å². The lowest BCUT2D eigenvalue weighted by atomic mass is 10.1. The summed E-state index contributed by atoms with van der Waals surface area (Å²) in [6.45, 7) is 2.02. The van der Waals surface area contributed by atoms with Crippen LogP contribution in [0.1, 0.15) is 18.1 Å². The van der Waals surface area contributed by atoms with Gasteiger partial charge in [-0.3, -0.25) is 10.5 Å². The van der Waals surface area contributed by atoms with Crippen molar-refractivity contribution in [1.82, 2.24) is 0 Å². The monoisotopic (exact) mass is 266 g/mol. The van der Waals surface area contributed by atoms with E-state index in [1.165, 1.54) is 6.07 Å². The molecule has 2 aromatic heterocycles. The molecule has 0 fully saturated rings. The number of nitrogens with two attached hydrogens (primary N) is 1. The zero-order valence-corrected chi connectivity index (χ0v) is 10.9. The molecule has 0 saturated heterocycles. The fraction of sp³-hybridized carbons (Fsp3) is 0.133. The van der Waals surface area contributed by atoms with Crippen molar-refractivity contribution in [2.45, 2.75) is 13.3 Å². The zero-order chi connectivity index (χ0) is 14.3. The maximum absolute atomic E-state index is 12.5. The van der Waals surface area contributed by atoms with E-state index >= 15 is 0 Å². The summed E-state index contributed by atoms with van der Waals surface area (Å²) in [4.78, 5) is 15.3. The molecule has 20 heavy (non-hydrogen) atoms. The predicted octanol–water partition coefficient (Wildman–Crippen LogP) is 1.78. The van der Waals surface area contributed by atoms with Gasteiger partial charge in [-0.05, 0) is 30.2 Å². The Morgan fingerprint density at radius 3 is 2.85 bits per heavy atom. The lowest BCUT2D eigenvalue weighted by Crippen LogP contribution is -2.17. The molecule has 0 aliphatic heterocycles. The van der Waals surface area contributed by atoms with Gasteiger partial charge in [0.15, 0.2) is 0 Å². The van der Waals surface area contributed by atoms with Crippen LogP contribution in [-0.4, -0.2) is 0 Å². The van der Waals surface area contributed by atoms with Crippen LogP contribution < -0.4 is 16.1 Å². The lowest BCUT2D eigenvalue weighted by molar-refractivity contribution is -0.338. The first-order valence-corrected chi connectivity index (χ1v) is 6.25. The van der Waals surface area contributed by atoms with Gasteiger partial charge in [0, 0.05) is 0 Å². The molecular formula is C15H12N3O2+. The van der Waals surface area contributed by atoms with Gasteiger partial charge >= 0.3 is 0 Å². The molecule has 5 nitrogen and oxygen atoms in total. The molecule has 0 bridgehead atoms. The van der Waals surface area contributed by atoms with Gasteiger partial charge in [0.1, 0.15) is 22.6 Å². The molecule has 0 atom stereocenters. The number of hydrogen-bond acceptors (Lipinski definition) is 4. The molecule has 2 heterocycles. The van der Waals surface area contributed by atoms with E-state index in [2.05, 4.69) is 4.98 Å². The summed E-state index contributed by atoms with van der Waals surface area (Å²) < 4.78 is 5.66. The van der Waals surface area contributed by atoms with Gasteiger partial charge in [0.2, 0.25) is 5.43 Å². The van der Waals surface area contributed by atoms with Crippen molar-refractivity contribution in [2.75, 3.05) is 5.73 Å². The van der Waals surface area contributed by atoms with Crippen molar-refractivity contribution in [3.63, 3.8) is 0 Å². The van der Waals surface area contributed by atoms with E-state index < -0.39 is 0 Å². The van der Waals surface area contributed by atoms with Crippen LogP contribution in [-0.2, 0) is 6.42 Å². The van der Waals surface area contributed by atoms with Crippen molar-refractivity contribution < 1.29 is 9.40 Å². The summed E-state index contributed by atoms with van der Waals surface area (Å²) in [6.07, 6.45) is 0.838. The molecule has 0 aliphatic rings. The van der Waals surface area contributed by atoms with Gasteiger partial charge in [0.25, 0.3) is 11.5 Å². The Balaban J connectivity index is 2.49. The topological polar surface area (TPSA) is 94.2 Å². The molecule has 0 radical (unpaired) electrons. The Hall–Kier alpha value is -2.87. The van der Waals surface area contributed by atoms with Gasteiger partial charge in [-0.25, -0.2) is 4.98 Å². The van der Waals surface area contributed by atoms with E-state index in [0.29, 0.717) is 16.4 Å². The van der Waals surface area contributed by atoms with E-state index in [1.807, 2.05) is 25.1 Å². The Kier molecular flexibility index (Phi) is 2.65. The maximum Gasteiger partial charge on any atom is 0.299 e. The molecule has 0 aliphatic carbocycles.